The van der Waals surface area contributed by atoms with Gasteiger partial charge < -0.3 is 9.73 Å². The zero-order valence-corrected chi connectivity index (χ0v) is 16.1. The third-order valence-electron chi connectivity index (χ3n) is 4.16. The predicted molar refractivity (Wildman–Crippen MR) is 104 cm³/mol. The van der Waals surface area contributed by atoms with Crippen LogP contribution in [0.5, 0.6) is 0 Å². The Morgan fingerprint density at radius 3 is 2.41 bits per heavy atom. The number of hydrogen-bond donors (Lipinski definition) is 1. The summed E-state index contributed by atoms with van der Waals surface area (Å²) in [6, 6.07) is 15.9. The maximum Gasteiger partial charge on any atom is 0.292 e. The minimum atomic E-state index is -3.61. The molecule has 6 nitrogen and oxygen atoms in total. The van der Waals surface area contributed by atoms with Crippen molar-refractivity contribution >= 4 is 21.6 Å². The Morgan fingerprint density at radius 1 is 1.04 bits per heavy atom. The summed E-state index contributed by atoms with van der Waals surface area (Å²) >= 11 is 0. The fourth-order valence-electron chi connectivity index (χ4n) is 2.67. The van der Waals surface area contributed by atoms with Crippen LogP contribution in [0.25, 0.3) is 11.1 Å². The molecule has 1 heterocycles. The molecule has 0 atom stereocenters. The van der Waals surface area contributed by atoms with Crippen molar-refractivity contribution < 1.29 is 17.6 Å². The third-order valence-corrected chi connectivity index (χ3v) is 6.12. The van der Waals surface area contributed by atoms with Gasteiger partial charge in [0.25, 0.3) is 5.91 Å². The number of carbonyl (C=O) groups excluding carboxylic acids is 1. The number of carbonyl (C=O) groups is 1. The number of furan rings is 1. The van der Waals surface area contributed by atoms with Crippen molar-refractivity contribution in [1.82, 2.24) is 4.31 Å². The number of hydrogen-bond acceptors (Lipinski definition) is 4. The minimum Gasteiger partial charge on any atom is -0.459 e. The molecule has 1 amide bonds. The van der Waals surface area contributed by atoms with Crippen LogP contribution in [0.1, 0.15) is 16.1 Å². The molecule has 0 aliphatic heterocycles. The highest BCUT2D eigenvalue weighted by Crippen LogP contribution is 2.27. The normalized spacial score (nSPS) is 11.6. The van der Waals surface area contributed by atoms with Crippen LogP contribution < -0.4 is 5.32 Å². The number of nitrogens with one attached hydrogen (secondary N) is 1. The van der Waals surface area contributed by atoms with Crippen LogP contribution in [0.15, 0.2) is 70.2 Å². The van der Waals surface area contributed by atoms with Gasteiger partial charge in [0, 0.05) is 25.3 Å². The van der Waals surface area contributed by atoms with Gasteiger partial charge in [0.05, 0.1) is 11.2 Å². The molecule has 3 rings (SSSR count). The van der Waals surface area contributed by atoms with Crippen molar-refractivity contribution in [2.24, 2.45) is 0 Å². The number of amides is 1. The molecule has 1 N–H and O–H groups in total. The molecule has 0 aliphatic carbocycles. The van der Waals surface area contributed by atoms with Crippen molar-refractivity contribution in [3.63, 3.8) is 0 Å². The minimum absolute atomic E-state index is 0.146. The predicted octanol–water partition coefficient (Wildman–Crippen LogP) is 3.76. The Labute approximate surface area is 158 Å². The number of benzene rings is 2. The molecule has 2 aromatic carbocycles. The van der Waals surface area contributed by atoms with Crippen molar-refractivity contribution in [3.05, 3.63) is 72.2 Å². The molecule has 0 radical (unpaired) electrons. The summed E-state index contributed by atoms with van der Waals surface area (Å²) in [5, 5.41) is 2.72. The Morgan fingerprint density at radius 2 is 1.74 bits per heavy atom. The zero-order chi connectivity index (χ0) is 19.6. The molecule has 0 unspecified atom stereocenters. The summed E-state index contributed by atoms with van der Waals surface area (Å²) in [6.07, 6.45) is 1.45. The lowest BCUT2D eigenvalue weighted by molar-refractivity contribution is 0.0997. The molecule has 0 saturated heterocycles. The van der Waals surface area contributed by atoms with Gasteiger partial charge in [-0.3, -0.25) is 4.79 Å². The Kier molecular flexibility index (Phi) is 5.16. The third kappa shape index (κ3) is 3.79. The lowest BCUT2D eigenvalue weighted by Crippen LogP contribution is -2.23. The van der Waals surface area contributed by atoms with Crippen molar-refractivity contribution in [2.45, 2.75) is 11.8 Å². The second-order valence-electron chi connectivity index (χ2n) is 6.25. The zero-order valence-electron chi connectivity index (χ0n) is 15.3. The fraction of sp³-hybridized carbons (Fsp3) is 0.150. The highest BCUT2D eigenvalue weighted by molar-refractivity contribution is 7.89. The fourth-order valence-corrected chi connectivity index (χ4v) is 3.81. The number of nitrogens with zero attached hydrogens (tertiary/aromatic N) is 1. The van der Waals surface area contributed by atoms with E-state index < -0.39 is 15.9 Å². The van der Waals surface area contributed by atoms with E-state index in [1.165, 1.54) is 26.4 Å². The molecule has 0 bridgehead atoms. The topological polar surface area (TPSA) is 79.6 Å². The lowest BCUT2D eigenvalue weighted by atomic mass is 10.1. The first kappa shape index (κ1) is 18.9. The van der Waals surface area contributed by atoms with E-state index in [0.717, 1.165) is 9.87 Å². The first-order valence-corrected chi connectivity index (χ1v) is 9.72. The molecular weight excluding hydrogens is 364 g/mol. The van der Waals surface area contributed by atoms with Crippen LogP contribution in [0.4, 0.5) is 5.69 Å². The summed E-state index contributed by atoms with van der Waals surface area (Å²) < 4.78 is 31.4. The van der Waals surface area contributed by atoms with E-state index in [4.69, 9.17) is 4.42 Å². The Bertz CT molecular complexity index is 1070. The highest BCUT2D eigenvalue weighted by Gasteiger charge is 2.22. The van der Waals surface area contributed by atoms with Crippen molar-refractivity contribution in [1.29, 1.82) is 0 Å². The quantitative estimate of drug-likeness (QED) is 0.726. The Balaban J connectivity index is 1.92. The van der Waals surface area contributed by atoms with E-state index in [9.17, 15) is 13.2 Å². The molecule has 27 heavy (non-hydrogen) atoms. The molecule has 0 spiro atoms. The van der Waals surface area contributed by atoms with E-state index in [1.54, 1.807) is 25.1 Å². The number of aryl methyl sites for hydroxylation is 1. The van der Waals surface area contributed by atoms with Crippen LogP contribution in [-0.2, 0) is 10.0 Å². The number of anilines is 1. The molecule has 140 valence electrons. The summed E-state index contributed by atoms with van der Waals surface area (Å²) in [5.41, 5.74) is 2.50. The Hall–Kier alpha value is -2.90. The highest BCUT2D eigenvalue weighted by atomic mass is 32.2. The monoisotopic (exact) mass is 384 g/mol. The number of rotatable bonds is 5. The summed E-state index contributed by atoms with van der Waals surface area (Å²) in [6.45, 7) is 1.71. The molecular formula is C20H20N2O4S. The molecule has 0 fully saturated rings. The maximum atomic E-state index is 12.7. The van der Waals surface area contributed by atoms with Crippen molar-refractivity contribution in [3.8, 4) is 11.1 Å². The van der Waals surface area contributed by atoms with Crippen LogP contribution in [0.3, 0.4) is 0 Å². The molecule has 1 aromatic heterocycles. The van der Waals surface area contributed by atoms with E-state index >= 15 is 0 Å². The maximum absolute atomic E-state index is 12.7. The summed E-state index contributed by atoms with van der Waals surface area (Å²) in [7, 11) is -0.678. The first-order chi connectivity index (χ1) is 12.8. The van der Waals surface area contributed by atoms with Gasteiger partial charge in [0.15, 0.2) is 5.76 Å². The van der Waals surface area contributed by atoms with Gasteiger partial charge in [0.2, 0.25) is 10.0 Å². The van der Waals surface area contributed by atoms with Gasteiger partial charge in [-0.15, -0.1) is 0 Å². The molecule has 3 aromatic rings. The smallest absolute Gasteiger partial charge is 0.292 e. The van der Waals surface area contributed by atoms with E-state index in [1.807, 2.05) is 30.3 Å². The van der Waals surface area contributed by atoms with E-state index in [-0.39, 0.29) is 10.7 Å². The first-order valence-electron chi connectivity index (χ1n) is 8.28. The van der Waals surface area contributed by atoms with Crippen LogP contribution in [-0.4, -0.2) is 32.7 Å². The van der Waals surface area contributed by atoms with Gasteiger partial charge >= 0.3 is 0 Å². The van der Waals surface area contributed by atoms with Crippen LogP contribution in [0, 0.1) is 6.92 Å². The van der Waals surface area contributed by atoms with Crippen LogP contribution >= 0.6 is 0 Å². The average molecular weight is 384 g/mol. The lowest BCUT2D eigenvalue weighted by Gasteiger charge is -2.15. The largest absolute Gasteiger partial charge is 0.459 e. The molecule has 7 heteroatoms. The van der Waals surface area contributed by atoms with Gasteiger partial charge in [0.1, 0.15) is 0 Å². The number of sulfonamides is 1. The second-order valence-corrected chi connectivity index (χ2v) is 8.37. The van der Waals surface area contributed by atoms with Gasteiger partial charge in [-0.25, -0.2) is 12.7 Å². The molecule has 0 saturated carbocycles. The van der Waals surface area contributed by atoms with Gasteiger partial charge in [-0.1, -0.05) is 36.4 Å². The molecule has 0 aliphatic rings. The van der Waals surface area contributed by atoms with E-state index in [2.05, 4.69) is 5.32 Å². The van der Waals surface area contributed by atoms with Crippen molar-refractivity contribution in [2.75, 3.05) is 19.4 Å². The standard InChI is InChI=1S/C20H20N2O4S/c1-14-9-10-16(13-18(14)27(24,25)22(2)3)21-20(23)19-17(11-12-26-19)15-7-5-4-6-8-15/h4-13H,1-3H3,(H,21,23). The van der Waals surface area contributed by atoms with Gasteiger partial charge in [-0.05, 0) is 36.2 Å². The van der Waals surface area contributed by atoms with Gasteiger partial charge in [-0.2, -0.15) is 0 Å². The summed E-state index contributed by atoms with van der Waals surface area (Å²) in [4.78, 5) is 12.8. The summed E-state index contributed by atoms with van der Waals surface area (Å²) in [5.74, 6) is -0.283. The average Bonchev–Trinajstić information content (AvgIpc) is 3.13. The van der Waals surface area contributed by atoms with E-state index in [0.29, 0.717) is 16.8 Å². The SMILES string of the molecule is Cc1ccc(NC(=O)c2occc2-c2ccccc2)cc1S(=O)(=O)N(C)C. The second kappa shape index (κ2) is 7.38. The van der Waals surface area contributed by atoms with Crippen LogP contribution in [0.2, 0.25) is 0 Å².